The van der Waals surface area contributed by atoms with Gasteiger partial charge in [0.25, 0.3) is 0 Å². The molecule has 0 radical (unpaired) electrons. The Morgan fingerprint density at radius 1 is 1.12 bits per heavy atom. The number of fused-ring (bicyclic) bond motifs is 1. The first-order valence-electron chi connectivity index (χ1n) is 10.7. The normalized spacial score (nSPS) is 14.8. The number of hydrogen-bond acceptors (Lipinski definition) is 5. The molecule has 0 aromatic heterocycles. The summed E-state index contributed by atoms with van der Waals surface area (Å²) in [6, 6.07) is 13.6. The minimum atomic E-state index is 0. The van der Waals surface area contributed by atoms with Crippen molar-refractivity contribution < 1.29 is 19.0 Å². The third-order valence-corrected chi connectivity index (χ3v) is 5.09. The van der Waals surface area contributed by atoms with Gasteiger partial charge in [-0.2, -0.15) is 0 Å². The summed E-state index contributed by atoms with van der Waals surface area (Å²) in [7, 11) is 0. The standard InChI is InChI=1S/C23H28N4O4.HI/c1-2-24-23(25-11-13-29-19-9-10-20-21(14-19)31-16-30-20)26-15-17-5-7-18(8-6-17)27-12-3-4-22(27)28;/h5-10,14H,2-4,11-13,15-16H2,1H3,(H2,24,25,26);1H. The summed E-state index contributed by atoms with van der Waals surface area (Å²) in [5, 5.41) is 6.52. The number of aliphatic imine (C=N–C) groups is 1. The Morgan fingerprint density at radius 3 is 2.69 bits per heavy atom. The number of nitrogens with one attached hydrogen (secondary N) is 2. The molecule has 0 saturated carbocycles. The molecule has 172 valence electrons. The molecule has 1 amide bonds. The Hall–Kier alpha value is -2.69. The zero-order chi connectivity index (χ0) is 21.5. The molecule has 2 aromatic rings. The Bertz CT molecular complexity index is 936. The first-order valence-corrected chi connectivity index (χ1v) is 10.7. The van der Waals surface area contributed by atoms with Crippen LogP contribution in [0.3, 0.4) is 0 Å². The fourth-order valence-corrected chi connectivity index (χ4v) is 3.52. The minimum Gasteiger partial charge on any atom is -0.492 e. The van der Waals surface area contributed by atoms with Crippen LogP contribution in [0, 0.1) is 0 Å². The molecule has 32 heavy (non-hydrogen) atoms. The van der Waals surface area contributed by atoms with Crippen LogP contribution in [0.5, 0.6) is 17.2 Å². The van der Waals surface area contributed by atoms with E-state index in [1.54, 1.807) is 0 Å². The van der Waals surface area contributed by atoms with Crippen LogP contribution >= 0.6 is 24.0 Å². The second-order valence-corrected chi connectivity index (χ2v) is 7.30. The van der Waals surface area contributed by atoms with Crippen molar-refractivity contribution in [2.24, 2.45) is 4.99 Å². The maximum absolute atomic E-state index is 11.9. The Morgan fingerprint density at radius 2 is 1.94 bits per heavy atom. The van der Waals surface area contributed by atoms with Crippen molar-refractivity contribution in [1.29, 1.82) is 0 Å². The van der Waals surface area contributed by atoms with Gasteiger partial charge in [-0.05, 0) is 43.2 Å². The molecule has 0 bridgehead atoms. The molecule has 2 aliphatic rings. The highest BCUT2D eigenvalue weighted by Crippen LogP contribution is 2.35. The summed E-state index contributed by atoms with van der Waals surface area (Å²) in [5.74, 6) is 3.13. The molecule has 1 fully saturated rings. The maximum Gasteiger partial charge on any atom is 0.231 e. The van der Waals surface area contributed by atoms with Crippen molar-refractivity contribution in [3.05, 3.63) is 48.0 Å². The third kappa shape index (κ3) is 6.18. The second-order valence-electron chi connectivity index (χ2n) is 7.30. The van der Waals surface area contributed by atoms with E-state index in [0.29, 0.717) is 31.9 Å². The van der Waals surface area contributed by atoms with Crippen LogP contribution in [0.2, 0.25) is 0 Å². The van der Waals surface area contributed by atoms with E-state index in [2.05, 4.69) is 15.6 Å². The average molecular weight is 552 g/mol. The molecule has 9 heteroatoms. The number of carbonyl (C=O) groups excluding carboxylic acids is 1. The predicted molar refractivity (Wildman–Crippen MR) is 134 cm³/mol. The van der Waals surface area contributed by atoms with E-state index in [0.717, 1.165) is 48.2 Å². The van der Waals surface area contributed by atoms with Crippen molar-refractivity contribution in [3.8, 4) is 17.2 Å². The van der Waals surface area contributed by atoms with Crippen molar-refractivity contribution in [2.45, 2.75) is 26.3 Å². The Balaban J connectivity index is 0.00000289. The van der Waals surface area contributed by atoms with Gasteiger partial charge in [-0.25, -0.2) is 4.99 Å². The number of rotatable bonds is 8. The molecule has 2 N–H and O–H groups in total. The molecule has 2 aromatic carbocycles. The summed E-state index contributed by atoms with van der Waals surface area (Å²) in [6.45, 7) is 5.50. The fourth-order valence-electron chi connectivity index (χ4n) is 3.52. The molecule has 2 aliphatic heterocycles. The van der Waals surface area contributed by atoms with Gasteiger partial charge in [-0.3, -0.25) is 4.79 Å². The van der Waals surface area contributed by atoms with E-state index < -0.39 is 0 Å². The van der Waals surface area contributed by atoms with Crippen LogP contribution in [0.25, 0.3) is 0 Å². The van der Waals surface area contributed by atoms with Crippen molar-refractivity contribution in [1.82, 2.24) is 10.6 Å². The predicted octanol–water partition coefficient (Wildman–Crippen LogP) is 3.29. The topological polar surface area (TPSA) is 84.4 Å². The zero-order valence-corrected chi connectivity index (χ0v) is 20.5. The molecule has 8 nitrogen and oxygen atoms in total. The van der Waals surface area contributed by atoms with Gasteiger partial charge < -0.3 is 29.7 Å². The van der Waals surface area contributed by atoms with Crippen LogP contribution < -0.4 is 29.7 Å². The smallest absolute Gasteiger partial charge is 0.231 e. The third-order valence-electron chi connectivity index (χ3n) is 5.09. The van der Waals surface area contributed by atoms with E-state index in [1.165, 1.54) is 0 Å². The van der Waals surface area contributed by atoms with Crippen LogP contribution in [-0.2, 0) is 11.3 Å². The van der Waals surface area contributed by atoms with Gasteiger partial charge in [0.1, 0.15) is 12.4 Å². The lowest BCUT2D eigenvalue weighted by Gasteiger charge is -2.16. The van der Waals surface area contributed by atoms with Crippen LogP contribution in [-0.4, -0.2) is 44.9 Å². The molecule has 2 heterocycles. The summed E-state index contributed by atoms with van der Waals surface area (Å²) in [6.07, 6.45) is 1.57. The van der Waals surface area contributed by atoms with Gasteiger partial charge in [-0.1, -0.05) is 12.1 Å². The monoisotopic (exact) mass is 552 g/mol. The van der Waals surface area contributed by atoms with Crippen molar-refractivity contribution in [2.75, 3.05) is 37.9 Å². The highest BCUT2D eigenvalue weighted by Gasteiger charge is 2.21. The first kappa shape index (κ1) is 24.0. The molecule has 4 rings (SSSR count). The Labute approximate surface area is 205 Å². The minimum absolute atomic E-state index is 0. The van der Waals surface area contributed by atoms with E-state index in [9.17, 15) is 4.79 Å². The molecule has 1 saturated heterocycles. The van der Waals surface area contributed by atoms with Crippen molar-refractivity contribution >= 4 is 41.5 Å². The van der Waals surface area contributed by atoms with Gasteiger partial charge in [0.2, 0.25) is 12.7 Å². The molecule has 0 atom stereocenters. The van der Waals surface area contributed by atoms with Gasteiger partial charge in [0.15, 0.2) is 17.5 Å². The number of nitrogens with zero attached hydrogens (tertiary/aromatic N) is 2. The van der Waals surface area contributed by atoms with Gasteiger partial charge in [0.05, 0.1) is 13.1 Å². The number of anilines is 1. The highest BCUT2D eigenvalue weighted by atomic mass is 127. The number of guanidine groups is 1. The second kappa shape index (κ2) is 11.8. The molecular formula is C23H29IN4O4. The number of halogens is 1. The largest absolute Gasteiger partial charge is 0.492 e. The van der Waals surface area contributed by atoms with Crippen LogP contribution in [0.4, 0.5) is 5.69 Å². The number of carbonyl (C=O) groups is 1. The number of amides is 1. The van der Waals surface area contributed by atoms with E-state index in [-0.39, 0.29) is 36.7 Å². The summed E-state index contributed by atoms with van der Waals surface area (Å²) in [4.78, 5) is 18.4. The van der Waals surface area contributed by atoms with Gasteiger partial charge in [-0.15, -0.1) is 24.0 Å². The first-order chi connectivity index (χ1) is 15.2. The Kier molecular flexibility index (Phi) is 8.83. The maximum atomic E-state index is 11.9. The SMILES string of the molecule is CCNC(=NCc1ccc(N2CCCC2=O)cc1)NCCOc1ccc2c(c1)OCO2.I. The van der Waals surface area contributed by atoms with Gasteiger partial charge >= 0.3 is 0 Å². The molecule has 0 spiro atoms. The zero-order valence-electron chi connectivity index (χ0n) is 18.1. The number of hydrogen-bond donors (Lipinski definition) is 2. The highest BCUT2D eigenvalue weighted by molar-refractivity contribution is 14.0. The summed E-state index contributed by atoms with van der Waals surface area (Å²) in [5.41, 5.74) is 2.05. The fraction of sp³-hybridized carbons (Fsp3) is 0.391. The molecular weight excluding hydrogens is 523 g/mol. The summed E-state index contributed by atoms with van der Waals surface area (Å²) >= 11 is 0. The summed E-state index contributed by atoms with van der Waals surface area (Å²) < 4.78 is 16.5. The van der Waals surface area contributed by atoms with E-state index >= 15 is 0 Å². The van der Waals surface area contributed by atoms with Gasteiger partial charge in [0, 0.05) is 31.3 Å². The van der Waals surface area contributed by atoms with Crippen molar-refractivity contribution in [3.63, 3.8) is 0 Å². The lowest BCUT2D eigenvalue weighted by atomic mass is 10.2. The van der Waals surface area contributed by atoms with E-state index in [4.69, 9.17) is 14.2 Å². The molecule has 0 unspecified atom stereocenters. The lowest BCUT2D eigenvalue weighted by molar-refractivity contribution is -0.117. The average Bonchev–Trinajstić information content (AvgIpc) is 3.43. The quantitative estimate of drug-likeness (QED) is 0.227. The van der Waals surface area contributed by atoms with Crippen LogP contribution in [0.1, 0.15) is 25.3 Å². The lowest BCUT2D eigenvalue weighted by Crippen LogP contribution is -2.39. The van der Waals surface area contributed by atoms with Crippen LogP contribution in [0.15, 0.2) is 47.5 Å². The van der Waals surface area contributed by atoms with E-state index in [1.807, 2.05) is 54.3 Å². The number of benzene rings is 2. The number of ether oxygens (including phenoxy) is 3. The molecule has 0 aliphatic carbocycles.